The third kappa shape index (κ3) is 6.46. The molecular weight excluding hydrogens is 489 g/mol. The lowest BCUT2D eigenvalue weighted by molar-refractivity contribution is -0.126. The van der Waals surface area contributed by atoms with Crippen LogP contribution >= 0.6 is 9.24 Å². The van der Waals surface area contributed by atoms with Gasteiger partial charge in [0.1, 0.15) is 0 Å². The molecule has 2 aromatic carbocycles. The number of amides is 1. The molecule has 0 aliphatic carbocycles. The van der Waals surface area contributed by atoms with E-state index in [0.717, 1.165) is 55.3 Å². The number of nitrogens with one attached hydrogen (secondary N) is 1. The summed E-state index contributed by atoms with van der Waals surface area (Å²) in [5.74, 6) is -0.0939. The number of pyridine rings is 1. The number of nitrogens with zero attached hydrogens (tertiary/aromatic N) is 2. The SMILES string of the molecule is C=C(/C=C(/Cc1cc(C(=O)CC)c2ncc(C)cc2c1)NC)C(=O)N(C)Cc1ccc(C)c(C(=C)C)c1P. The number of carbonyl (C=O) groups excluding carboxylic acids is 2. The summed E-state index contributed by atoms with van der Waals surface area (Å²) in [4.78, 5) is 32.1. The maximum absolute atomic E-state index is 13.2. The maximum Gasteiger partial charge on any atom is 0.253 e. The summed E-state index contributed by atoms with van der Waals surface area (Å²) in [6, 6.07) is 10.1. The van der Waals surface area contributed by atoms with Gasteiger partial charge >= 0.3 is 0 Å². The van der Waals surface area contributed by atoms with Crippen LogP contribution in [0.15, 0.2) is 67.0 Å². The van der Waals surface area contributed by atoms with Crippen LogP contribution in [0.5, 0.6) is 0 Å². The van der Waals surface area contributed by atoms with Crippen LogP contribution in [0.2, 0.25) is 0 Å². The quantitative estimate of drug-likeness (QED) is 0.156. The molecule has 3 aromatic rings. The van der Waals surface area contributed by atoms with E-state index in [1.165, 1.54) is 0 Å². The Labute approximate surface area is 228 Å². The Kier molecular flexibility index (Phi) is 9.40. The molecule has 6 heteroatoms. The highest BCUT2D eigenvalue weighted by Crippen LogP contribution is 2.24. The molecule has 1 aromatic heterocycles. The number of fused-ring (bicyclic) bond motifs is 1. The van der Waals surface area contributed by atoms with Crippen molar-refractivity contribution in [3.63, 3.8) is 0 Å². The van der Waals surface area contributed by atoms with E-state index in [9.17, 15) is 9.59 Å². The van der Waals surface area contributed by atoms with Gasteiger partial charge < -0.3 is 10.2 Å². The van der Waals surface area contributed by atoms with Gasteiger partial charge in [-0.05, 0) is 78.2 Å². The van der Waals surface area contributed by atoms with Gasteiger partial charge in [0.15, 0.2) is 5.78 Å². The van der Waals surface area contributed by atoms with Crippen LogP contribution in [0, 0.1) is 13.8 Å². The van der Waals surface area contributed by atoms with Crippen molar-refractivity contribution in [2.24, 2.45) is 0 Å². The highest BCUT2D eigenvalue weighted by molar-refractivity contribution is 7.27. The Morgan fingerprint density at radius 1 is 1.16 bits per heavy atom. The fourth-order valence-electron chi connectivity index (χ4n) is 4.68. The standard InChI is InChI=1S/C32H38N3O2P/c1-9-28(36)27-16-23(14-25-12-20(4)17-34-30(25)27)15-26(33-7)13-22(6)32(37)35(8)18-24-11-10-21(5)29(19(2)3)31(24)38/h10-14,16-17,33H,2,6,9,15,18,38H2,1,3-5,7-8H3/b26-13-. The minimum Gasteiger partial charge on any atom is -0.391 e. The predicted octanol–water partition coefficient (Wildman–Crippen LogP) is 5.84. The van der Waals surface area contributed by atoms with Crippen LogP contribution in [0.4, 0.5) is 0 Å². The van der Waals surface area contributed by atoms with Crippen molar-refractivity contribution >= 4 is 42.7 Å². The molecule has 0 aliphatic rings. The van der Waals surface area contributed by atoms with Crippen LogP contribution in [-0.4, -0.2) is 35.7 Å². The van der Waals surface area contributed by atoms with Gasteiger partial charge in [0.05, 0.1) is 5.52 Å². The van der Waals surface area contributed by atoms with Gasteiger partial charge in [-0.25, -0.2) is 0 Å². The number of aryl methyl sites for hydroxylation is 2. The van der Waals surface area contributed by atoms with Crippen LogP contribution in [0.1, 0.15) is 58.4 Å². The van der Waals surface area contributed by atoms with Crippen LogP contribution in [0.25, 0.3) is 16.5 Å². The first-order chi connectivity index (χ1) is 18.0. The fraction of sp³-hybridized carbons (Fsp3) is 0.281. The molecule has 0 spiro atoms. The number of Topliss-reactive ketones (excluding diaryl/α,β-unsaturated/α-hetero) is 1. The van der Waals surface area contributed by atoms with Crippen LogP contribution in [0.3, 0.4) is 0 Å². The van der Waals surface area contributed by atoms with Gasteiger partial charge in [-0.2, -0.15) is 0 Å². The van der Waals surface area contributed by atoms with E-state index in [4.69, 9.17) is 0 Å². The Balaban J connectivity index is 1.84. The topological polar surface area (TPSA) is 62.3 Å². The average Bonchev–Trinajstić information content (AvgIpc) is 2.87. The zero-order chi connectivity index (χ0) is 28.1. The summed E-state index contributed by atoms with van der Waals surface area (Å²) in [7, 11) is 6.41. The molecule has 3 rings (SSSR count). The smallest absolute Gasteiger partial charge is 0.253 e. The van der Waals surface area contributed by atoms with E-state index in [2.05, 4.69) is 57.8 Å². The number of benzene rings is 2. The average molecular weight is 528 g/mol. The molecule has 0 aliphatic heterocycles. The first kappa shape index (κ1) is 29.0. The molecule has 0 saturated carbocycles. The Morgan fingerprint density at radius 3 is 2.50 bits per heavy atom. The molecule has 1 heterocycles. The highest BCUT2D eigenvalue weighted by Gasteiger charge is 2.17. The van der Waals surface area contributed by atoms with Crippen molar-refractivity contribution in [1.29, 1.82) is 0 Å². The number of hydrogen-bond donors (Lipinski definition) is 1. The number of ketones is 1. The molecule has 5 nitrogen and oxygen atoms in total. The minimum atomic E-state index is -0.153. The van der Waals surface area contributed by atoms with Crippen molar-refractivity contribution in [3.8, 4) is 0 Å². The van der Waals surface area contributed by atoms with Crippen LogP contribution < -0.4 is 10.6 Å². The first-order valence-electron chi connectivity index (χ1n) is 12.8. The van der Waals surface area contributed by atoms with Crippen molar-refractivity contribution in [1.82, 2.24) is 15.2 Å². The second kappa shape index (κ2) is 12.3. The van der Waals surface area contributed by atoms with Gasteiger partial charge in [-0.3, -0.25) is 14.6 Å². The van der Waals surface area contributed by atoms with Gasteiger partial charge in [0.2, 0.25) is 0 Å². The molecule has 1 amide bonds. The van der Waals surface area contributed by atoms with Crippen molar-refractivity contribution < 1.29 is 9.59 Å². The molecular formula is C32H38N3O2P. The van der Waals surface area contributed by atoms with Gasteiger partial charge in [-0.1, -0.05) is 37.8 Å². The second-order valence-corrected chi connectivity index (χ2v) is 10.5. The van der Waals surface area contributed by atoms with E-state index in [1.807, 2.05) is 40.0 Å². The van der Waals surface area contributed by atoms with E-state index in [0.29, 0.717) is 30.5 Å². The van der Waals surface area contributed by atoms with Crippen LogP contribution in [-0.2, 0) is 17.8 Å². The largest absolute Gasteiger partial charge is 0.391 e. The Hall–Kier alpha value is -3.56. The summed E-state index contributed by atoms with van der Waals surface area (Å²) in [6.07, 6.45) is 4.51. The second-order valence-electron chi connectivity index (χ2n) is 9.90. The predicted molar refractivity (Wildman–Crippen MR) is 163 cm³/mol. The maximum atomic E-state index is 13.2. The van der Waals surface area contributed by atoms with Gasteiger partial charge in [-0.15, -0.1) is 9.24 Å². The van der Waals surface area contributed by atoms with Crippen molar-refractivity contribution in [3.05, 3.63) is 100 Å². The fourth-order valence-corrected chi connectivity index (χ4v) is 5.34. The van der Waals surface area contributed by atoms with E-state index >= 15 is 0 Å². The van der Waals surface area contributed by atoms with Crippen molar-refractivity contribution in [2.45, 2.75) is 47.1 Å². The monoisotopic (exact) mass is 527 g/mol. The lowest BCUT2D eigenvalue weighted by atomic mass is 9.97. The molecule has 1 atom stereocenters. The number of rotatable bonds is 10. The summed E-state index contributed by atoms with van der Waals surface area (Å²) < 4.78 is 0. The first-order valence-corrected chi connectivity index (χ1v) is 13.3. The summed E-state index contributed by atoms with van der Waals surface area (Å²) in [6.45, 7) is 16.5. The molecule has 0 bridgehead atoms. The Bertz CT molecular complexity index is 1470. The molecule has 1 N–H and O–H groups in total. The highest BCUT2D eigenvalue weighted by atomic mass is 31.0. The third-order valence-electron chi connectivity index (χ3n) is 6.67. The number of aromatic nitrogens is 1. The number of likely N-dealkylation sites (N-methyl/N-ethyl adjacent to an activating group) is 2. The molecule has 38 heavy (non-hydrogen) atoms. The minimum absolute atomic E-state index is 0.0590. The lowest BCUT2D eigenvalue weighted by Gasteiger charge is -2.21. The number of hydrogen-bond acceptors (Lipinski definition) is 4. The Morgan fingerprint density at radius 2 is 1.87 bits per heavy atom. The number of carbonyl (C=O) groups is 2. The van der Waals surface area contributed by atoms with Crippen molar-refractivity contribution in [2.75, 3.05) is 14.1 Å². The zero-order valence-electron chi connectivity index (χ0n) is 23.4. The molecule has 1 unspecified atom stereocenters. The van der Waals surface area contributed by atoms with E-state index in [-0.39, 0.29) is 11.7 Å². The zero-order valence-corrected chi connectivity index (χ0v) is 24.5. The van der Waals surface area contributed by atoms with Gasteiger partial charge in [0.25, 0.3) is 5.91 Å². The third-order valence-corrected chi connectivity index (χ3v) is 7.32. The molecule has 0 saturated heterocycles. The van der Waals surface area contributed by atoms with Gasteiger partial charge in [0, 0.05) is 61.9 Å². The lowest BCUT2D eigenvalue weighted by Crippen LogP contribution is -2.29. The summed E-state index contributed by atoms with van der Waals surface area (Å²) in [5.41, 5.74) is 8.90. The summed E-state index contributed by atoms with van der Waals surface area (Å²) >= 11 is 0. The van der Waals surface area contributed by atoms with E-state index in [1.54, 1.807) is 24.2 Å². The molecule has 0 radical (unpaired) electrons. The normalized spacial score (nSPS) is 11.4. The summed E-state index contributed by atoms with van der Waals surface area (Å²) in [5, 5.41) is 5.20. The molecule has 198 valence electrons. The molecule has 0 fully saturated rings. The van der Waals surface area contributed by atoms with E-state index < -0.39 is 0 Å². The number of allylic oxidation sites excluding steroid dienone is 2.